The van der Waals surface area contributed by atoms with Crippen LogP contribution >= 0.6 is 0 Å². The van der Waals surface area contributed by atoms with E-state index < -0.39 is 10.8 Å². The molecule has 2 aromatic carbocycles. The summed E-state index contributed by atoms with van der Waals surface area (Å²) < 4.78 is 24.2. The fourth-order valence-electron chi connectivity index (χ4n) is 13.0. The largest absolute Gasteiger partial charge is 0.496 e. The average Bonchev–Trinajstić information content (AvgIpc) is 3.73. The van der Waals surface area contributed by atoms with Gasteiger partial charge in [-0.2, -0.15) is 0 Å². The maximum absolute atomic E-state index is 14.5. The Labute approximate surface area is 316 Å². The molecular formula is C44H52N4O6. The van der Waals surface area contributed by atoms with Gasteiger partial charge in [-0.15, -0.1) is 0 Å². The molecule has 54 heavy (non-hydrogen) atoms. The van der Waals surface area contributed by atoms with Crippen LogP contribution in [-0.2, 0) is 42.1 Å². The number of ether oxygens (including phenoxy) is 4. The van der Waals surface area contributed by atoms with Crippen molar-refractivity contribution in [3.63, 3.8) is 0 Å². The lowest BCUT2D eigenvalue weighted by Gasteiger charge is -2.58. The van der Waals surface area contributed by atoms with Crippen molar-refractivity contribution < 1.29 is 28.5 Å². The van der Waals surface area contributed by atoms with E-state index in [1.54, 1.807) is 14.2 Å². The summed E-state index contributed by atoms with van der Waals surface area (Å²) in [4.78, 5) is 41.8. The van der Waals surface area contributed by atoms with E-state index in [4.69, 9.17) is 18.9 Å². The summed E-state index contributed by atoms with van der Waals surface area (Å²) in [5.41, 5.74) is 7.40. The van der Waals surface area contributed by atoms with Gasteiger partial charge in [-0.3, -0.25) is 19.4 Å². The van der Waals surface area contributed by atoms with E-state index in [-0.39, 0.29) is 35.9 Å². The van der Waals surface area contributed by atoms with Crippen LogP contribution in [0.3, 0.4) is 0 Å². The second-order valence-electron chi connectivity index (χ2n) is 17.0. The zero-order valence-electron chi connectivity index (χ0n) is 32.1. The number of fused-ring (bicyclic) bond motifs is 7. The molecule has 4 saturated heterocycles. The quantitative estimate of drug-likeness (QED) is 0.184. The zero-order valence-corrected chi connectivity index (χ0v) is 32.1. The fraction of sp³-hybridized carbons (Fsp3) is 0.545. The maximum atomic E-state index is 14.5. The minimum atomic E-state index is -0.885. The topological polar surface area (TPSA) is 109 Å². The molecule has 2 unspecified atom stereocenters. The zero-order chi connectivity index (χ0) is 37.1. The number of esters is 2. The lowest BCUT2D eigenvalue weighted by Crippen LogP contribution is -2.68. The van der Waals surface area contributed by atoms with Crippen LogP contribution in [0.4, 0.5) is 0 Å². The Kier molecular flexibility index (Phi) is 7.92. The van der Waals surface area contributed by atoms with E-state index in [2.05, 4.69) is 76.1 Å². The molecular weight excluding hydrogens is 681 g/mol. The molecule has 0 spiro atoms. The van der Waals surface area contributed by atoms with Crippen molar-refractivity contribution in [3.05, 3.63) is 76.1 Å². The number of aromatic nitrogens is 2. The predicted molar refractivity (Wildman–Crippen MR) is 206 cm³/mol. The molecule has 10 heteroatoms. The number of nitrogens with one attached hydrogen (secondary N) is 2. The smallest absolute Gasteiger partial charge is 0.319 e. The fourth-order valence-corrected chi connectivity index (χ4v) is 13.0. The summed E-state index contributed by atoms with van der Waals surface area (Å²) in [5, 5.41) is 2.32. The van der Waals surface area contributed by atoms with Gasteiger partial charge in [-0.1, -0.05) is 43.2 Å². The molecule has 10 atom stereocenters. The monoisotopic (exact) mass is 732 g/mol. The highest BCUT2D eigenvalue weighted by Gasteiger charge is 2.64. The number of allylic oxidation sites excluding steroid dienone is 1. The predicted octanol–water partition coefficient (Wildman–Crippen LogP) is 6.22. The summed E-state index contributed by atoms with van der Waals surface area (Å²) in [6.07, 6.45) is 7.40. The molecule has 5 fully saturated rings. The van der Waals surface area contributed by atoms with Gasteiger partial charge in [0, 0.05) is 76.8 Å². The Bertz CT molecular complexity index is 2220. The van der Waals surface area contributed by atoms with Crippen molar-refractivity contribution in [3.8, 4) is 5.75 Å². The van der Waals surface area contributed by atoms with Crippen LogP contribution in [0.2, 0.25) is 0 Å². The van der Waals surface area contributed by atoms with Gasteiger partial charge in [-0.25, -0.2) is 0 Å². The SMILES string of the molecule is C/C=C1/CN2COC[C@@]3(C(=O)OC)[C@@H]1C[C@@H](c1c(OC)ccc4c5c([nH]c14)[C@]1(C(=O)OC)C[C@@H]4C[C@H](CC)[C@@H]1N(CC5)C4)c1[nH]c4ccccc4c1C[C@H]23. The van der Waals surface area contributed by atoms with Crippen LogP contribution in [0.1, 0.15) is 73.5 Å². The van der Waals surface area contributed by atoms with Gasteiger partial charge in [0.1, 0.15) is 16.6 Å². The van der Waals surface area contributed by atoms with E-state index in [0.717, 1.165) is 84.4 Å². The molecule has 2 aromatic heterocycles. The number of nitrogens with zero attached hydrogens (tertiary/aromatic N) is 2. The summed E-state index contributed by atoms with van der Waals surface area (Å²) in [5.74, 6) is 1.01. The standard InChI is InChI=1S/C44H52N4O6/c1-6-25-16-24-19-43(41(49)52-4)39-29(14-15-47(20-24)40(25)43)28-12-13-34(51-3)36(38(28)46-39)31-17-32-26(7-2)21-48-23-54-22-44(32,42(50)53-5)35(48)18-30-27-10-8-9-11-33(27)45-37(30)31/h7-13,24-25,31-32,35,40,45-46H,6,14-23H2,1-5H3/b26-7-/t24-,25-,31-,32+,35-,40-,43+,44+/m0/s1. The number of benzene rings is 2. The number of hydrogen-bond acceptors (Lipinski definition) is 8. The first kappa shape index (κ1) is 34.4. The van der Waals surface area contributed by atoms with Crippen molar-refractivity contribution >= 4 is 33.7 Å². The minimum Gasteiger partial charge on any atom is -0.496 e. The second-order valence-corrected chi connectivity index (χ2v) is 17.0. The second kappa shape index (κ2) is 12.4. The number of rotatable bonds is 5. The molecule has 0 amide bonds. The minimum absolute atomic E-state index is 0.0818. The number of para-hydroxylation sites is 1. The van der Waals surface area contributed by atoms with Gasteiger partial charge in [-0.05, 0) is 80.2 Å². The first-order valence-electron chi connectivity index (χ1n) is 20.0. The summed E-state index contributed by atoms with van der Waals surface area (Å²) in [6.45, 7) is 7.87. The molecule has 8 bridgehead atoms. The van der Waals surface area contributed by atoms with Gasteiger partial charge in [0.05, 0.1) is 40.2 Å². The van der Waals surface area contributed by atoms with E-state index in [1.807, 2.05) is 0 Å². The highest BCUT2D eigenvalue weighted by atomic mass is 16.5. The van der Waals surface area contributed by atoms with Crippen LogP contribution in [0, 0.1) is 23.2 Å². The number of aromatic amines is 2. The lowest BCUT2D eigenvalue weighted by molar-refractivity contribution is -0.199. The van der Waals surface area contributed by atoms with Gasteiger partial charge < -0.3 is 28.9 Å². The van der Waals surface area contributed by atoms with Crippen molar-refractivity contribution in [1.29, 1.82) is 0 Å². The van der Waals surface area contributed by atoms with Crippen molar-refractivity contribution in [2.24, 2.45) is 23.2 Å². The number of hydrogen-bond donors (Lipinski definition) is 2. The van der Waals surface area contributed by atoms with Gasteiger partial charge in [0.2, 0.25) is 0 Å². The van der Waals surface area contributed by atoms with Crippen LogP contribution in [0.15, 0.2) is 48.0 Å². The first-order valence-corrected chi connectivity index (χ1v) is 20.0. The van der Waals surface area contributed by atoms with Gasteiger partial charge >= 0.3 is 11.9 Å². The molecule has 10 nitrogen and oxygen atoms in total. The van der Waals surface area contributed by atoms with Crippen LogP contribution < -0.4 is 4.74 Å². The number of methoxy groups -OCH3 is 3. The first-order chi connectivity index (χ1) is 26.3. The number of carbonyl (C=O) groups is 2. The molecule has 5 aliphatic heterocycles. The Hall–Kier alpha value is -4.12. The van der Waals surface area contributed by atoms with E-state index in [9.17, 15) is 9.59 Å². The van der Waals surface area contributed by atoms with Gasteiger partial charge in [0.25, 0.3) is 0 Å². The highest BCUT2D eigenvalue weighted by molar-refractivity contribution is 5.95. The summed E-state index contributed by atoms with van der Waals surface area (Å²) in [6, 6.07) is 12.9. The molecule has 11 rings (SSSR count). The maximum Gasteiger partial charge on any atom is 0.319 e. The van der Waals surface area contributed by atoms with E-state index >= 15 is 0 Å². The third-order valence-corrected chi connectivity index (χ3v) is 15.0. The van der Waals surface area contributed by atoms with Crippen LogP contribution in [0.5, 0.6) is 5.75 Å². The van der Waals surface area contributed by atoms with Crippen molar-refractivity contribution in [2.45, 2.75) is 75.8 Å². The molecule has 284 valence electrons. The molecule has 0 radical (unpaired) electrons. The van der Waals surface area contributed by atoms with Crippen molar-refractivity contribution in [2.75, 3.05) is 54.3 Å². The third-order valence-electron chi connectivity index (χ3n) is 15.0. The van der Waals surface area contributed by atoms with Gasteiger partial charge in [0.15, 0.2) is 0 Å². The average molecular weight is 733 g/mol. The highest BCUT2D eigenvalue weighted by Crippen LogP contribution is 2.59. The lowest BCUT2D eigenvalue weighted by atomic mass is 9.56. The Morgan fingerprint density at radius 2 is 1.83 bits per heavy atom. The summed E-state index contributed by atoms with van der Waals surface area (Å²) >= 11 is 0. The normalized spacial score (nSPS) is 35.8. The number of H-pyrrole nitrogens is 2. The molecule has 2 aliphatic carbocycles. The van der Waals surface area contributed by atoms with Crippen LogP contribution in [-0.4, -0.2) is 98.1 Å². The third kappa shape index (κ3) is 4.39. The molecule has 1 saturated carbocycles. The van der Waals surface area contributed by atoms with E-state index in [1.165, 1.54) is 29.2 Å². The molecule has 7 heterocycles. The Morgan fingerprint density at radius 3 is 2.61 bits per heavy atom. The van der Waals surface area contributed by atoms with Crippen molar-refractivity contribution in [1.82, 2.24) is 19.8 Å². The van der Waals surface area contributed by atoms with Crippen LogP contribution in [0.25, 0.3) is 21.8 Å². The van der Waals surface area contributed by atoms with E-state index in [0.29, 0.717) is 38.0 Å². The summed E-state index contributed by atoms with van der Waals surface area (Å²) in [7, 11) is 4.83. The Morgan fingerprint density at radius 1 is 1.00 bits per heavy atom. The molecule has 2 N–H and O–H groups in total. The number of carbonyl (C=O) groups excluding carboxylic acids is 2. The molecule has 7 aliphatic rings. The Balaban J connectivity index is 1.26. The number of piperidine rings is 3. The molecule has 4 aromatic rings.